The van der Waals surface area contributed by atoms with Crippen LogP contribution in [-0.4, -0.2) is 43.1 Å². The van der Waals surface area contributed by atoms with E-state index in [4.69, 9.17) is 4.74 Å². The van der Waals surface area contributed by atoms with Crippen molar-refractivity contribution in [2.75, 3.05) is 26.7 Å². The number of hydrogen-bond acceptors (Lipinski definition) is 4. The number of carbonyl (C=O) groups excluding carboxylic acids is 1. The van der Waals surface area contributed by atoms with Gasteiger partial charge < -0.3 is 10.1 Å². The van der Waals surface area contributed by atoms with E-state index in [1.54, 1.807) is 0 Å². The monoisotopic (exact) mass is 393 g/mol. The Hall–Kier alpha value is -1.58. The molecule has 0 saturated heterocycles. The topological polar surface area (TPSA) is 65.4 Å². The van der Waals surface area contributed by atoms with E-state index in [0.717, 1.165) is 42.3 Å². The van der Waals surface area contributed by atoms with Gasteiger partial charge in [0.1, 0.15) is 17.9 Å². The minimum Gasteiger partial charge on any atom is -0.492 e. The third-order valence-corrected chi connectivity index (χ3v) is 4.80. The van der Waals surface area contributed by atoms with E-state index in [1.165, 1.54) is 0 Å². The van der Waals surface area contributed by atoms with Crippen LogP contribution >= 0.6 is 15.9 Å². The van der Waals surface area contributed by atoms with Crippen molar-refractivity contribution >= 4 is 21.8 Å². The van der Waals surface area contributed by atoms with Crippen molar-refractivity contribution in [1.29, 1.82) is 5.26 Å². The lowest BCUT2D eigenvalue weighted by molar-refractivity contribution is -0.123. The fourth-order valence-electron chi connectivity index (χ4n) is 2.90. The SMILES string of the molecule is CN(CCOc1ccc(Br)cc1)CC(=O)NC1(C#N)CCCCC1. The molecule has 0 aliphatic heterocycles. The third kappa shape index (κ3) is 5.81. The number of benzene rings is 1. The first-order chi connectivity index (χ1) is 11.5. The fraction of sp³-hybridized carbons (Fsp3) is 0.556. The Morgan fingerprint density at radius 3 is 2.62 bits per heavy atom. The zero-order chi connectivity index (χ0) is 17.4. The lowest BCUT2D eigenvalue weighted by Gasteiger charge is -2.32. The Kier molecular flexibility index (Phi) is 7.07. The van der Waals surface area contributed by atoms with Gasteiger partial charge in [-0.3, -0.25) is 9.69 Å². The first-order valence-electron chi connectivity index (χ1n) is 8.32. The molecule has 1 N–H and O–H groups in total. The van der Waals surface area contributed by atoms with Gasteiger partial charge in [0.25, 0.3) is 0 Å². The number of hydrogen-bond donors (Lipinski definition) is 1. The maximum atomic E-state index is 12.2. The van der Waals surface area contributed by atoms with E-state index in [1.807, 2.05) is 36.2 Å². The summed E-state index contributed by atoms with van der Waals surface area (Å²) >= 11 is 3.38. The Balaban J connectivity index is 1.71. The van der Waals surface area contributed by atoms with Crippen molar-refractivity contribution in [2.45, 2.75) is 37.6 Å². The quantitative estimate of drug-likeness (QED) is 0.772. The molecule has 0 radical (unpaired) electrons. The normalized spacial score (nSPS) is 16.4. The minimum atomic E-state index is -0.663. The van der Waals surface area contributed by atoms with Crippen LogP contribution in [0.4, 0.5) is 0 Å². The van der Waals surface area contributed by atoms with Gasteiger partial charge in [-0.15, -0.1) is 0 Å². The average molecular weight is 394 g/mol. The maximum Gasteiger partial charge on any atom is 0.235 e. The fourth-order valence-corrected chi connectivity index (χ4v) is 3.17. The van der Waals surface area contributed by atoms with Gasteiger partial charge >= 0.3 is 0 Å². The molecule has 1 fully saturated rings. The molecule has 0 heterocycles. The summed E-state index contributed by atoms with van der Waals surface area (Å²) in [5.74, 6) is 0.714. The third-order valence-electron chi connectivity index (χ3n) is 4.27. The van der Waals surface area contributed by atoms with Gasteiger partial charge in [-0.1, -0.05) is 35.2 Å². The Morgan fingerprint density at radius 2 is 2.00 bits per heavy atom. The van der Waals surface area contributed by atoms with Gasteiger partial charge in [0.15, 0.2) is 0 Å². The van der Waals surface area contributed by atoms with Gasteiger partial charge in [-0.05, 0) is 44.2 Å². The van der Waals surface area contributed by atoms with Crippen LogP contribution in [-0.2, 0) is 4.79 Å². The van der Waals surface area contributed by atoms with Gasteiger partial charge in [-0.2, -0.15) is 5.26 Å². The van der Waals surface area contributed by atoms with Gasteiger partial charge in [0.2, 0.25) is 5.91 Å². The summed E-state index contributed by atoms with van der Waals surface area (Å²) in [5.41, 5.74) is -0.663. The number of amides is 1. The van der Waals surface area contributed by atoms with Gasteiger partial charge in [0, 0.05) is 11.0 Å². The molecule has 1 saturated carbocycles. The van der Waals surface area contributed by atoms with Crippen LogP contribution in [0.25, 0.3) is 0 Å². The first kappa shape index (κ1) is 18.8. The van der Waals surface area contributed by atoms with Crippen LogP contribution in [0.1, 0.15) is 32.1 Å². The molecule has 6 heteroatoms. The number of carbonyl (C=O) groups is 1. The summed E-state index contributed by atoms with van der Waals surface area (Å²) in [6, 6.07) is 9.97. The summed E-state index contributed by atoms with van der Waals surface area (Å²) in [4.78, 5) is 14.1. The summed E-state index contributed by atoms with van der Waals surface area (Å²) in [7, 11) is 1.88. The van der Waals surface area contributed by atoms with Crippen LogP contribution < -0.4 is 10.1 Å². The summed E-state index contributed by atoms with van der Waals surface area (Å²) < 4.78 is 6.67. The Labute approximate surface area is 152 Å². The van der Waals surface area contributed by atoms with Gasteiger partial charge in [-0.25, -0.2) is 0 Å². The molecule has 1 aromatic carbocycles. The number of ether oxygens (including phenoxy) is 1. The van der Waals surface area contributed by atoms with Crippen molar-refractivity contribution in [3.8, 4) is 11.8 Å². The molecule has 1 aliphatic carbocycles. The molecule has 0 bridgehead atoms. The zero-order valence-electron chi connectivity index (χ0n) is 14.1. The number of likely N-dealkylation sites (N-methyl/N-ethyl adjacent to an activating group) is 1. The molecule has 1 aliphatic rings. The average Bonchev–Trinajstić information content (AvgIpc) is 2.57. The second kappa shape index (κ2) is 9.05. The van der Waals surface area contributed by atoms with Crippen molar-refractivity contribution in [3.05, 3.63) is 28.7 Å². The molecular formula is C18H24BrN3O2. The number of nitrogens with one attached hydrogen (secondary N) is 1. The van der Waals surface area contributed by atoms with Crippen molar-refractivity contribution < 1.29 is 9.53 Å². The summed E-state index contributed by atoms with van der Waals surface area (Å²) in [6.07, 6.45) is 4.67. The first-order valence-corrected chi connectivity index (χ1v) is 9.11. The predicted octanol–water partition coefficient (Wildman–Crippen LogP) is 3.10. The second-order valence-corrected chi connectivity index (χ2v) is 7.26. The minimum absolute atomic E-state index is 0.0930. The van der Waals surface area contributed by atoms with E-state index >= 15 is 0 Å². The van der Waals surface area contributed by atoms with E-state index in [-0.39, 0.29) is 12.5 Å². The molecule has 0 unspecified atom stereocenters. The molecule has 1 aromatic rings. The highest BCUT2D eigenvalue weighted by Gasteiger charge is 2.33. The molecular weight excluding hydrogens is 370 g/mol. The number of halogens is 1. The smallest absolute Gasteiger partial charge is 0.235 e. The molecule has 2 rings (SSSR count). The van der Waals surface area contributed by atoms with Crippen LogP contribution in [0.5, 0.6) is 5.75 Å². The lowest BCUT2D eigenvalue weighted by Crippen LogP contribution is -2.51. The molecule has 0 atom stereocenters. The largest absolute Gasteiger partial charge is 0.492 e. The lowest BCUT2D eigenvalue weighted by atomic mass is 9.83. The van der Waals surface area contributed by atoms with Crippen molar-refractivity contribution in [2.24, 2.45) is 0 Å². The highest BCUT2D eigenvalue weighted by atomic mass is 79.9. The van der Waals surface area contributed by atoms with E-state index < -0.39 is 5.54 Å². The molecule has 0 spiro atoms. The Bertz CT molecular complexity index is 577. The second-order valence-electron chi connectivity index (χ2n) is 6.34. The number of rotatable bonds is 7. The van der Waals surface area contributed by atoms with E-state index in [2.05, 4.69) is 27.3 Å². The van der Waals surface area contributed by atoms with Crippen LogP contribution in [0.2, 0.25) is 0 Å². The number of nitrogens with zero attached hydrogens (tertiary/aromatic N) is 2. The maximum absolute atomic E-state index is 12.2. The highest BCUT2D eigenvalue weighted by molar-refractivity contribution is 9.10. The van der Waals surface area contributed by atoms with Crippen LogP contribution in [0, 0.1) is 11.3 Å². The van der Waals surface area contributed by atoms with Crippen LogP contribution in [0.3, 0.4) is 0 Å². The predicted molar refractivity (Wildman–Crippen MR) is 96.7 cm³/mol. The van der Waals surface area contributed by atoms with E-state index in [0.29, 0.717) is 13.2 Å². The molecule has 0 aromatic heterocycles. The van der Waals surface area contributed by atoms with Crippen molar-refractivity contribution in [1.82, 2.24) is 10.2 Å². The Morgan fingerprint density at radius 1 is 1.33 bits per heavy atom. The number of nitriles is 1. The van der Waals surface area contributed by atoms with Crippen LogP contribution in [0.15, 0.2) is 28.7 Å². The molecule has 24 heavy (non-hydrogen) atoms. The molecule has 5 nitrogen and oxygen atoms in total. The summed E-state index contributed by atoms with van der Waals surface area (Å²) in [6.45, 7) is 1.42. The highest BCUT2D eigenvalue weighted by Crippen LogP contribution is 2.27. The van der Waals surface area contributed by atoms with Gasteiger partial charge in [0.05, 0.1) is 12.6 Å². The molecule has 1 amide bonds. The summed E-state index contributed by atoms with van der Waals surface area (Å²) in [5, 5.41) is 12.3. The molecule has 130 valence electrons. The van der Waals surface area contributed by atoms with Crippen molar-refractivity contribution in [3.63, 3.8) is 0 Å². The van der Waals surface area contributed by atoms with E-state index in [9.17, 15) is 10.1 Å². The zero-order valence-corrected chi connectivity index (χ0v) is 15.6. The standard InChI is InChI=1S/C18H24BrN3O2/c1-22(11-12-24-16-7-5-15(19)6-8-16)13-17(23)21-18(14-20)9-3-2-4-10-18/h5-8H,2-4,9-13H2,1H3,(H,21,23).